The molecule has 6 heteroatoms. The van der Waals surface area contributed by atoms with Crippen molar-refractivity contribution in [3.8, 4) is 5.69 Å². The highest BCUT2D eigenvalue weighted by molar-refractivity contribution is 5.72. The molecule has 0 fully saturated rings. The summed E-state index contributed by atoms with van der Waals surface area (Å²) >= 11 is 0. The Morgan fingerprint density at radius 3 is 2.33 bits per heavy atom. The van der Waals surface area contributed by atoms with E-state index in [9.17, 15) is 9.59 Å². The predicted molar refractivity (Wildman–Crippen MR) is 109 cm³/mol. The summed E-state index contributed by atoms with van der Waals surface area (Å²) in [5.41, 5.74) is 2.03. The van der Waals surface area contributed by atoms with Gasteiger partial charge in [-0.15, -0.1) is 6.58 Å². The van der Waals surface area contributed by atoms with Gasteiger partial charge < -0.3 is 4.57 Å². The van der Waals surface area contributed by atoms with Crippen molar-refractivity contribution in [3.63, 3.8) is 0 Å². The third-order valence-corrected chi connectivity index (χ3v) is 4.59. The molecule has 27 heavy (non-hydrogen) atoms. The number of rotatable bonds is 6. The minimum atomic E-state index is -0.359. The first kappa shape index (κ1) is 18.9. The van der Waals surface area contributed by atoms with Crippen LogP contribution < -0.4 is 11.2 Å². The van der Waals surface area contributed by atoms with Crippen LogP contribution in [-0.4, -0.2) is 18.7 Å². The monoisotopic (exact) mass is 366 g/mol. The van der Waals surface area contributed by atoms with Crippen LogP contribution in [0.1, 0.15) is 39.2 Å². The van der Waals surface area contributed by atoms with Gasteiger partial charge in [0.25, 0.3) is 5.56 Å². The molecule has 2 aromatic heterocycles. The number of hydrogen-bond donors (Lipinski definition) is 0. The van der Waals surface area contributed by atoms with E-state index in [4.69, 9.17) is 0 Å². The average molecular weight is 366 g/mol. The van der Waals surface area contributed by atoms with Crippen LogP contribution >= 0.6 is 0 Å². The Bertz CT molecular complexity index is 1080. The molecule has 0 atom stereocenters. The van der Waals surface area contributed by atoms with Gasteiger partial charge in [-0.05, 0) is 29.5 Å². The molecule has 0 aliphatic rings. The van der Waals surface area contributed by atoms with Gasteiger partial charge in [-0.25, -0.2) is 14.3 Å². The summed E-state index contributed by atoms with van der Waals surface area (Å²) in [5.74, 6) is 0.567. The summed E-state index contributed by atoms with van der Waals surface area (Å²) in [5, 5.41) is 0. The average Bonchev–Trinajstić information content (AvgIpc) is 3.03. The first-order valence-corrected chi connectivity index (χ1v) is 9.27. The standard InChI is InChI=1S/C21H26N4O2/c1-6-11-23-13-22-19-18(23)20(26)24(12-14(2)3)21(27)25(19)17-9-7-16(8-10-17)15(4)5/h6-10,13-15H,1,11-12H2,2-5H3. The van der Waals surface area contributed by atoms with Crippen molar-refractivity contribution in [2.45, 2.75) is 46.7 Å². The summed E-state index contributed by atoms with van der Waals surface area (Å²) in [7, 11) is 0. The van der Waals surface area contributed by atoms with Gasteiger partial charge in [0.2, 0.25) is 0 Å². The van der Waals surface area contributed by atoms with E-state index >= 15 is 0 Å². The van der Waals surface area contributed by atoms with Crippen LogP contribution in [0.2, 0.25) is 0 Å². The van der Waals surface area contributed by atoms with Crippen molar-refractivity contribution >= 4 is 11.2 Å². The highest BCUT2D eigenvalue weighted by Gasteiger charge is 2.19. The summed E-state index contributed by atoms with van der Waals surface area (Å²) in [6.45, 7) is 12.8. The molecule has 0 aliphatic carbocycles. The quantitative estimate of drug-likeness (QED) is 0.629. The molecular formula is C21H26N4O2. The van der Waals surface area contributed by atoms with Gasteiger partial charge in [0.1, 0.15) is 0 Å². The Hall–Kier alpha value is -2.89. The lowest BCUT2D eigenvalue weighted by molar-refractivity contribution is 0.489. The highest BCUT2D eigenvalue weighted by Crippen LogP contribution is 2.18. The fourth-order valence-corrected chi connectivity index (χ4v) is 3.22. The molecule has 0 unspecified atom stereocenters. The molecule has 0 aliphatic heterocycles. The van der Waals surface area contributed by atoms with Crippen LogP contribution in [0, 0.1) is 5.92 Å². The molecule has 0 saturated heterocycles. The number of nitrogens with zero attached hydrogens (tertiary/aromatic N) is 4. The summed E-state index contributed by atoms with van der Waals surface area (Å²) in [6, 6.07) is 7.84. The van der Waals surface area contributed by atoms with Crippen LogP contribution in [0.25, 0.3) is 16.9 Å². The lowest BCUT2D eigenvalue weighted by Gasteiger charge is -2.14. The van der Waals surface area contributed by atoms with E-state index in [0.717, 1.165) is 0 Å². The summed E-state index contributed by atoms with van der Waals surface area (Å²) in [6.07, 6.45) is 3.30. The number of imidazole rings is 1. The number of hydrogen-bond acceptors (Lipinski definition) is 3. The predicted octanol–water partition coefficient (Wildman–Crippen LogP) is 3.31. The van der Waals surface area contributed by atoms with E-state index in [1.807, 2.05) is 38.1 Å². The van der Waals surface area contributed by atoms with Gasteiger partial charge in [-0.3, -0.25) is 9.36 Å². The van der Waals surface area contributed by atoms with Gasteiger partial charge in [0.15, 0.2) is 11.2 Å². The topological polar surface area (TPSA) is 61.8 Å². The van der Waals surface area contributed by atoms with E-state index in [1.165, 1.54) is 14.7 Å². The van der Waals surface area contributed by atoms with Crippen LogP contribution in [-0.2, 0) is 13.1 Å². The molecule has 2 heterocycles. The number of allylic oxidation sites excluding steroid dienone is 1. The fraction of sp³-hybridized carbons (Fsp3) is 0.381. The van der Waals surface area contributed by atoms with Gasteiger partial charge in [0.05, 0.1) is 12.0 Å². The Kier molecular flexibility index (Phi) is 5.17. The molecule has 1 aromatic carbocycles. The Morgan fingerprint density at radius 1 is 1.11 bits per heavy atom. The maximum Gasteiger partial charge on any atom is 0.337 e. The molecule has 0 bridgehead atoms. The SMILES string of the molecule is C=CCn1cnc2c1c(=O)n(CC(C)C)c(=O)n2-c1ccc(C(C)C)cc1. The van der Waals surface area contributed by atoms with Crippen LogP contribution in [0.15, 0.2) is 52.8 Å². The molecule has 142 valence electrons. The third kappa shape index (κ3) is 3.39. The largest absolute Gasteiger partial charge is 0.337 e. The second-order valence-electron chi connectivity index (χ2n) is 7.53. The van der Waals surface area contributed by atoms with Gasteiger partial charge in [-0.2, -0.15) is 0 Å². The normalized spacial score (nSPS) is 11.6. The van der Waals surface area contributed by atoms with E-state index in [0.29, 0.717) is 35.9 Å². The molecule has 0 amide bonds. The molecule has 3 aromatic rings. The first-order chi connectivity index (χ1) is 12.8. The lowest BCUT2D eigenvalue weighted by atomic mass is 10.0. The van der Waals surface area contributed by atoms with Crippen LogP contribution in [0.5, 0.6) is 0 Å². The Labute approximate surface area is 158 Å². The molecule has 3 rings (SSSR count). The van der Waals surface area contributed by atoms with Crippen LogP contribution in [0.4, 0.5) is 0 Å². The van der Waals surface area contributed by atoms with E-state index in [2.05, 4.69) is 25.4 Å². The van der Waals surface area contributed by atoms with Crippen molar-refractivity contribution in [3.05, 3.63) is 69.6 Å². The van der Waals surface area contributed by atoms with Crippen molar-refractivity contribution in [2.24, 2.45) is 5.92 Å². The van der Waals surface area contributed by atoms with E-state index < -0.39 is 0 Å². The van der Waals surface area contributed by atoms with Gasteiger partial charge in [0, 0.05) is 13.1 Å². The molecule has 0 saturated carbocycles. The minimum absolute atomic E-state index is 0.167. The lowest BCUT2D eigenvalue weighted by Crippen LogP contribution is -2.41. The number of benzene rings is 1. The second kappa shape index (κ2) is 7.39. The number of fused-ring (bicyclic) bond motifs is 1. The third-order valence-electron chi connectivity index (χ3n) is 4.59. The van der Waals surface area contributed by atoms with Crippen molar-refractivity contribution < 1.29 is 0 Å². The molecule has 0 spiro atoms. The highest BCUT2D eigenvalue weighted by atomic mass is 16.2. The zero-order chi connectivity index (χ0) is 19.7. The molecular weight excluding hydrogens is 340 g/mol. The zero-order valence-corrected chi connectivity index (χ0v) is 16.3. The van der Waals surface area contributed by atoms with Gasteiger partial charge >= 0.3 is 5.69 Å². The first-order valence-electron chi connectivity index (χ1n) is 9.27. The van der Waals surface area contributed by atoms with E-state index in [-0.39, 0.29) is 17.2 Å². The Balaban J connectivity index is 2.35. The molecule has 0 N–H and O–H groups in total. The molecule has 0 radical (unpaired) electrons. The van der Waals surface area contributed by atoms with E-state index in [1.54, 1.807) is 17.0 Å². The van der Waals surface area contributed by atoms with Gasteiger partial charge in [-0.1, -0.05) is 45.9 Å². The smallest absolute Gasteiger partial charge is 0.321 e. The Morgan fingerprint density at radius 2 is 1.78 bits per heavy atom. The summed E-state index contributed by atoms with van der Waals surface area (Å²) < 4.78 is 4.58. The maximum atomic E-state index is 13.2. The molecule has 6 nitrogen and oxygen atoms in total. The summed E-state index contributed by atoms with van der Waals surface area (Å²) in [4.78, 5) is 30.6. The number of aromatic nitrogens is 4. The van der Waals surface area contributed by atoms with Crippen LogP contribution in [0.3, 0.4) is 0 Å². The zero-order valence-electron chi connectivity index (χ0n) is 16.3. The second-order valence-corrected chi connectivity index (χ2v) is 7.53. The van der Waals surface area contributed by atoms with Crippen molar-refractivity contribution in [1.29, 1.82) is 0 Å². The maximum absolute atomic E-state index is 13.2. The van der Waals surface area contributed by atoms with Crippen molar-refractivity contribution in [2.75, 3.05) is 0 Å². The fourth-order valence-electron chi connectivity index (χ4n) is 3.22. The van der Waals surface area contributed by atoms with Crippen molar-refractivity contribution in [1.82, 2.24) is 18.7 Å². The minimum Gasteiger partial charge on any atom is -0.321 e.